The van der Waals surface area contributed by atoms with Crippen LogP contribution in [0.1, 0.15) is 28.3 Å². The first-order chi connectivity index (χ1) is 40.0. The Hall–Kier alpha value is -8.43. The van der Waals surface area contributed by atoms with Gasteiger partial charge >= 0.3 is 0 Å². The maximum Gasteiger partial charge on any atom is 0.282 e. The van der Waals surface area contributed by atoms with Crippen LogP contribution in [0.3, 0.4) is 0 Å². The molecule has 0 atom stereocenters. The summed E-state index contributed by atoms with van der Waals surface area (Å²) < 4.78 is 46.3. The van der Waals surface area contributed by atoms with Crippen LogP contribution in [0.4, 0.5) is 60.8 Å². The lowest BCUT2D eigenvalue weighted by Crippen LogP contribution is -2.37. The summed E-state index contributed by atoms with van der Waals surface area (Å²) in [6.45, 7) is 8.05. The first kappa shape index (κ1) is 56.8. The number of aromatic nitrogens is 12. The molecular weight excluding hydrogens is 1130 g/mol. The number of nitrogens with zero attached hydrogens (tertiary/aromatic N) is 15. The van der Waals surface area contributed by atoms with E-state index in [1.165, 1.54) is 21.6 Å². The quantitative estimate of drug-likeness (QED) is 0.0700. The summed E-state index contributed by atoms with van der Waals surface area (Å²) in [7, 11) is 0. The van der Waals surface area contributed by atoms with Gasteiger partial charge in [-0.2, -0.15) is 45.2 Å². The van der Waals surface area contributed by atoms with Crippen LogP contribution >= 0.6 is 34.8 Å². The van der Waals surface area contributed by atoms with Crippen LogP contribution in [0.25, 0.3) is 17.8 Å². The molecule has 9 heterocycles. The molecule has 3 saturated heterocycles. The van der Waals surface area contributed by atoms with Crippen molar-refractivity contribution in [3.05, 3.63) is 160 Å². The lowest BCUT2D eigenvalue weighted by Gasteiger charge is -2.28. The fourth-order valence-corrected chi connectivity index (χ4v) is 8.69. The number of aldehydes is 1. The molecule has 3 fully saturated rings. The third kappa shape index (κ3) is 15.3. The summed E-state index contributed by atoms with van der Waals surface area (Å²) in [5.41, 5.74) is 3.06. The first-order valence-corrected chi connectivity index (χ1v) is 26.9. The molecule has 3 aliphatic heterocycles. The van der Waals surface area contributed by atoms with Gasteiger partial charge in [0.2, 0.25) is 0 Å². The molecule has 0 aliphatic carbocycles. The number of hydrogen-bond acceptors (Lipinski definition) is 20. The molecule has 3 aliphatic rings. The number of carbonyl (C=O) groups is 1. The third-order valence-electron chi connectivity index (χ3n) is 12.4. The fraction of sp³-hybridized carbons (Fsp3) is 0.259. The average molecular weight is 1180 g/mol. The number of aliphatic hydroxyl groups is 1. The SMILES string of the molecule is FC(F)c1ccn(-c2nc(Nc3ccc(Cl)cc3)cc(N3CCOCC3)n2)n1.O=Cc1ccn(-c2nc(Nc3ccc(Cl)cc3)cc(N3CCOCC3)n2)n1.OCc1ccn(-c2nc(Nc3ccc(Cl)cc3)cc(N3CCOCC3)n2)n1. The standard InChI is InChI=1S/C18H17ClF2N6O.C18H19ClN6O2.C18H17ClN6O2/c19-12-1-3-13(4-2-12)22-15-11-16(26-7-9-28-10-8-26)24-18(23-15)27-6-5-14(25-27)17(20)21;2*19-13-1-3-14(4-2-13)20-16-11-17(24-7-9-27-10-8-24)22-18(21-16)25-6-5-15(12-26)23-25/h1-6,11,17H,7-10H2,(H,22,23,24);1-6,11,26H,7-10,12H2,(H,20,21,22);1-6,11-12H,7-10H2,(H,20,21,22). The fourth-order valence-electron chi connectivity index (χ4n) is 8.31. The van der Waals surface area contributed by atoms with Crippen molar-refractivity contribution in [1.82, 2.24) is 59.2 Å². The third-order valence-corrected chi connectivity index (χ3v) is 13.2. The minimum Gasteiger partial charge on any atom is -0.390 e. The van der Waals surface area contributed by atoms with Gasteiger partial charge < -0.3 is 50.0 Å². The van der Waals surface area contributed by atoms with E-state index in [0.717, 1.165) is 54.9 Å². The lowest BCUT2D eigenvalue weighted by atomic mass is 10.3. The van der Waals surface area contributed by atoms with E-state index in [1.54, 1.807) is 59.5 Å². The molecule has 0 bridgehead atoms. The number of aliphatic hydroxyl groups excluding tert-OH is 1. The zero-order valence-electron chi connectivity index (χ0n) is 43.6. The Morgan fingerprint density at radius 3 is 1.17 bits per heavy atom. The topological polar surface area (TPSA) is 242 Å². The van der Waals surface area contributed by atoms with E-state index in [-0.39, 0.29) is 18.2 Å². The maximum absolute atomic E-state index is 12.9. The Morgan fingerprint density at radius 2 is 0.841 bits per heavy atom. The van der Waals surface area contributed by atoms with E-state index in [2.05, 4.69) is 75.9 Å². The van der Waals surface area contributed by atoms with Crippen LogP contribution in [0, 0.1) is 0 Å². The number of carbonyl (C=O) groups excluding carboxylic acids is 1. The van der Waals surface area contributed by atoms with Gasteiger partial charge in [0, 0.05) is 108 Å². The molecule has 28 heteroatoms. The summed E-state index contributed by atoms with van der Waals surface area (Å²) in [6, 6.07) is 32.1. The van der Waals surface area contributed by atoms with Gasteiger partial charge in [-0.3, -0.25) is 4.79 Å². The molecule has 0 saturated carbocycles. The summed E-state index contributed by atoms with van der Waals surface area (Å²) in [5.74, 6) is 5.01. The Morgan fingerprint density at radius 1 is 0.488 bits per heavy atom. The van der Waals surface area contributed by atoms with Crippen LogP contribution in [-0.2, 0) is 20.8 Å². The van der Waals surface area contributed by atoms with Crippen molar-refractivity contribution in [2.24, 2.45) is 0 Å². The minimum absolute atomic E-state index is 0.133. The van der Waals surface area contributed by atoms with E-state index >= 15 is 0 Å². The van der Waals surface area contributed by atoms with Gasteiger partial charge in [0.15, 0.2) is 6.29 Å². The number of morpholine rings is 3. The number of hydrogen-bond donors (Lipinski definition) is 4. The van der Waals surface area contributed by atoms with E-state index in [4.69, 9.17) is 49.0 Å². The summed E-state index contributed by atoms with van der Waals surface area (Å²) in [4.78, 5) is 44.6. The number of ether oxygens (including phenoxy) is 3. The van der Waals surface area contributed by atoms with Gasteiger partial charge in [0.1, 0.15) is 46.3 Å². The molecule has 4 N–H and O–H groups in total. The van der Waals surface area contributed by atoms with Crippen LogP contribution in [0.15, 0.2) is 128 Å². The van der Waals surface area contributed by atoms with E-state index in [0.29, 0.717) is 121 Å². The molecule has 12 rings (SSSR count). The molecule has 0 radical (unpaired) electrons. The van der Waals surface area contributed by atoms with Crippen molar-refractivity contribution in [2.45, 2.75) is 13.0 Å². The number of anilines is 9. The Labute approximate surface area is 483 Å². The number of benzene rings is 3. The molecular formula is C54H53Cl3F2N18O5. The highest BCUT2D eigenvalue weighted by Gasteiger charge is 2.21. The van der Waals surface area contributed by atoms with Crippen molar-refractivity contribution in [3.63, 3.8) is 0 Å². The predicted molar refractivity (Wildman–Crippen MR) is 307 cm³/mol. The van der Waals surface area contributed by atoms with Crippen molar-refractivity contribution >= 4 is 93.1 Å². The van der Waals surface area contributed by atoms with Crippen LogP contribution in [-0.4, -0.2) is 150 Å². The zero-order chi connectivity index (χ0) is 56.8. The number of halogens is 5. The molecule has 23 nitrogen and oxygen atoms in total. The lowest BCUT2D eigenvalue weighted by molar-refractivity contribution is 0.111. The highest BCUT2D eigenvalue weighted by molar-refractivity contribution is 6.31. The van der Waals surface area contributed by atoms with Gasteiger partial charge in [-0.1, -0.05) is 34.8 Å². The molecule has 0 unspecified atom stereocenters. The Bertz CT molecular complexity index is 3520. The van der Waals surface area contributed by atoms with Gasteiger partial charge in [-0.05, 0) is 91.0 Å². The van der Waals surface area contributed by atoms with Gasteiger partial charge in [-0.25, -0.2) is 22.8 Å². The summed E-state index contributed by atoms with van der Waals surface area (Å²) >= 11 is 17.8. The van der Waals surface area contributed by atoms with Crippen molar-refractivity contribution in [1.29, 1.82) is 0 Å². The van der Waals surface area contributed by atoms with Gasteiger partial charge in [0.25, 0.3) is 24.3 Å². The smallest absolute Gasteiger partial charge is 0.282 e. The molecule has 3 aromatic carbocycles. The van der Waals surface area contributed by atoms with E-state index in [1.807, 2.05) is 60.7 Å². The minimum atomic E-state index is -2.66. The van der Waals surface area contributed by atoms with Crippen molar-refractivity contribution in [2.75, 3.05) is 110 Å². The number of rotatable bonds is 15. The molecule has 0 spiro atoms. The predicted octanol–water partition coefficient (Wildman–Crippen LogP) is 8.93. The summed E-state index contributed by atoms with van der Waals surface area (Å²) in [6.07, 6.45) is 2.85. The van der Waals surface area contributed by atoms with E-state index < -0.39 is 6.43 Å². The molecule has 424 valence electrons. The Kier molecular flexibility index (Phi) is 19.0. The maximum atomic E-state index is 12.9. The highest BCUT2D eigenvalue weighted by atomic mass is 35.5. The summed E-state index contributed by atoms with van der Waals surface area (Å²) in [5, 5.41) is 33.3. The molecule has 82 heavy (non-hydrogen) atoms. The second kappa shape index (κ2) is 27.4. The molecule has 0 amide bonds. The van der Waals surface area contributed by atoms with Crippen LogP contribution in [0.2, 0.25) is 15.1 Å². The number of alkyl halides is 2. The molecule has 9 aromatic rings. The second-order valence-corrected chi connectivity index (χ2v) is 19.4. The van der Waals surface area contributed by atoms with Crippen LogP contribution in [0.5, 0.6) is 0 Å². The van der Waals surface area contributed by atoms with Crippen molar-refractivity contribution < 1.29 is 32.9 Å². The monoisotopic (exact) mass is 1180 g/mol. The van der Waals surface area contributed by atoms with Crippen molar-refractivity contribution in [3.8, 4) is 17.8 Å². The number of nitrogens with one attached hydrogen (secondary N) is 3. The Balaban J connectivity index is 0.000000138. The first-order valence-electron chi connectivity index (χ1n) is 25.7. The van der Waals surface area contributed by atoms with Gasteiger partial charge in [0.05, 0.1) is 51.9 Å². The normalized spacial score (nSPS) is 14.4. The average Bonchev–Trinajstić information content (AvgIpc) is 4.48. The van der Waals surface area contributed by atoms with Gasteiger partial charge in [-0.15, -0.1) is 0 Å². The highest BCUT2D eigenvalue weighted by Crippen LogP contribution is 2.27. The van der Waals surface area contributed by atoms with Crippen LogP contribution < -0.4 is 30.7 Å². The molecule has 6 aromatic heterocycles. The largest absolute Gasteiger partial charge is 0.390 e. The van der Waals surface area contributed by atoms with E-state index in [9.17, 15) is 18.7 Å². The second-order valence-electron chi connectivity index (χ2n) is 18.1. The zero-order valence-corrected chi connectivity index (χ0v) is 45.9.